The molecule has 84 valence electrons. The molecule has 1 aliphatic rings. The van der Waals surface area contributed by atoms with E-state index in [2.05, 4.69) is 40.2 Å². The van der Waals surface area contributed by atoms with Crippen LogP contribution in [-0.2, 0) is 0 Å². The lowest BCUT2D eigenvalue weighted by Crippen LogP contribution is -2.23. The van der Waals surface area contributed by atoms with Gasteiger partial charge in [0.25, 0.3) is 0 Å². The number of nitrogens with one attached hydrogen (secondary N) is 1. The Morgan fingerprint density at radius 2 is 1.69 bits per heavy atom. The molecule has 2 heteroatoms. The van der Waals surface area contributed by atoms with Crippen molar-refractivity contribution >= 4 is 16.7 Å². The lowest BCUT2D eigenvalue weighted by atomic mass is 10.2. The van der Waals surface area contributed by atoms with E-state index in [1.807, 2.05) is 0 Å². The summed E-state index contributed by atoms with van der Waals surface area (Å²) in [6.45, 7) is 2.40. The fraction of sp³-hybridized carbons (Fsp3) is 0.429. The number of hydrogen-bond donors (Lipinski definition) is 1. The van der Waals surface area contributed by atoms with Crippen LogP contribution in [0.25, 0.3) is 10.9 Å². The van der Waals surface area contributed by atoms with Crippen molar-refractivity contribution in [2.45, 2.75) is 25.7 Å². The van der Waals surface area contributed by atoms with Crippen LogP contribution in [0.4, 0.5) is 5.82 Å². The average Bonchev–Trinajstić information content (AvgIpc) is 2.56. The van der Waals surface area contributed by atoms with E-state index in [0.717, 1.165) is 0 Å². The Morgan fingerprint density at radius 3 is 2.44 bits per heavy atom. The van der Waals surface area contributed by atoms with Crippen molar-refractivity contribution in [2.24, 2.45) is 0 Å². The zero-order valence-corrected chi connectivity index (χ0v) is 9.58. The number of para-hydroxylation sites is 1. The fourth-order valence-corrected chi connectivity index (χ4v) is 2.54. The molecule has 0 amide bonds. The number of hydrogen-bond acceptors (Lipinski definition) is 1. The van der Waals surface area contributed by atoms with Gasteiger partial charge in [0.1, 0.15) is 5.82 Å². The first-order valence-electron chi connectivity index (χ1n) is 6.26. The molecule has 1 aromatic carbocycles. The quantitative estimate of drug-likeness (QED) is 0.769. The summed E-state index contributed by atoms with van der Waals surface area (Å²) in [5, 5.41) is 1.32. The van der Waals surface area contributed by atoms with Crippen molar-refractivity contribution in [2.75, 3.05) is 18.0 Å². The van der Waals surface area contributed by atoms with Gasteiger partial charge in [-0.3, -0.25) is 0 Å². The molecule has 2 nitrogen and oxygen atoms in total. The highest BCUT2D eigenvalue weighted by Crippen LogP contribution is 2.23. The van der Waals surface area contributed by atoms with Gasteiger partial charge in [0.2, 0.25) is 0 Å². The number of H-pyrrole nitrogens is 1. The van der Waals surface area contributed by atoms with E-state index < -0.39 is 0 Å². The third kappa shape index (κ3) is 1.80. The number of nitrogens with zero attached hydrogens (tertiary/aromatic N) is 1. The van der Waals surface area contributed by atoms with Crippen molar-refractivity contribution in [3.05, 3.63) is 30.3 Å². The lowest BCUT2D eigenvalue weighted by Gasteiger charge is -2.20. The zero-order chi connectivity index (χ0) is 10.8. The molecule has 0 aliphatic carbocycles. The summed E-state index contributed by atoms with van der Waals surface area (Å²) in [5.74, 6) is 1.29. The summed E-state index contributed by atoms with van der Waals surface area (Å²) in [7, 11) is 0. The smallest absolute Gasteiger partial charge is 0.106 e. The minimum atomic E-state index is 1.20. The maximum absolute atomic E-state index is 3.52. The molecule has 0 bridgehead atoms. The normalized spacial score (nSPS) is 17.6. The Bertz CT molecular complexity index is 431. The highest BCUT2D eigenvalue weighted by Gasteiger charge is 2.11. The molecule has 1 aromatic heterocycles. The summed E-state index contributed by atoms with van der Waals surface area (Å²) in [4.78, 5) is 6.01. The van der Waals surface area contributed by atoms with E-state index in [4.69, 9.17) is 0 Å². The second-order valence-electron chi connectivity index (χ2n) is 4.64. The van der Waals surface area contributed by atoms with Gasteiger partial charge >= 0.3 is 0 Å². The topological polar surface area (TPSA) is 19.0 Å². The van der Waals surface area contributed by atoms with Crippen LogP contribution in [-0.4, -0.2) is 18.1 Å². The van der Waals surface area contributed by atoms with Gasteiger partial charge in [-0.1, -0.05) is 31.0 Å². The van der Waals surface area contributed by atoms with E-state index in [9.17, 15) is 0 Å². The van der Waals surface area contributed by atoms with Crippen molar-refractivity contribution in [3.8, 4) is 0 Å². The van der Waals surface area contributed by atoms with Gasteiger partial charge < -0.3 is 9.88 Å². The van der Waals surface area contributed by atoms with E-state index in [1.165, 1.54) is 55.5 Å². The largest absolute Gasteiger partial charge is 0.358 e. The molecular weight excluding hydrogens is 196 g/mol. The first-order chi connectivity index (χ1) is 7.93. The monoisotopic (exact) mass is 214 g/mol. The summed E-state index contributed by atoms with van der Waals surface area (Å²) in [6, 6.07) is 10.8. The molecule has 1 fully saturated rings. The van der Waals surface area contributed by atoms with E-state index >= 15 is 0 Å². The van der Waals surface area contributed by atoms with Crippen molar-refractivity contribution < 1.29 is 0 Å². The molecule has 0 saturated carbocycles. The van der Waals surface area contributed by atoms with Crippen LogP contribution in [0.3, 0.4) is 0 Å². The molecule has 1 aliphatic heterocycles. The van der Waals surface area contributed by atoms with Gasteiger partial charge in [0.15, 0.2) is 0 Å². The first kappa shape index (κ1) is 9.76. The maximum Gasteiger partial charge on any atom is 0.106 e. The van der Waals surface area contributed by atoms with Crippen molar-refractivity contribution in [3.63, 3.8) is 0 Å². The van der Waals surface area contributed by atoms with Crippen LogP contribution in [0.15, 0.2) is 30.3 Å². The molecule has 16 heavy (non-hydrogen) atoms. The van der Waals surface area contributed by atoms with Gasteiger partial charge in [-0.2, -0.15) is 0 Å². The molecule has 1 N–H and O–H groups in total. The van der Waals surface area contributed by atoms with Gasteiger partial charge in [0.05, 0.1) is 0 Å². The number of benzene rings is 1. The second-order valence-corrected chi connectivity index (χ2v) is 4.64. The van der Waals surface area contributed by atoms with Gasteiger partial charge in [-0.25, -0.2) is 0 Å². The third-order valence-electron chi connectivity index (χ3n) is 3.46. The Kier molecular flexibility index (Phi) is 2.56. The predicted molar refractivity (Wildman–Crippen MR) is 69.0 cm³/mol. The Labute approximate surface area is 96.3 Å². The SMILES string of the molecule is c1ccc2[nH]c(N3CCCCCC3)cc2c1. The Morgan fingerprint density at radius 1 is 0.938 bits per heavy atom. The third-order valence-corrected chi connectivity index (χ3v) is 3.46. The molecule has 0 unspecified atom stereocenters. The summed E-state index contributed by atoms with van der Waals surface area (Å²) in [6.07, 6.45) is 5.43. The first-order valence-corrected chi connectivity index (χ1v) is 6.26. The molecule has 0 atom stereocenters. The summed E-state index contributed by atoms with van der Waals surface area (Å²) < 4.78 is 0. The van der Waals surface area contributed by atoms with Crippen LogP contribution in [0.2, 0.25) is 0 Å². The number of aromatic amines is 1. The minimum Gasteiger partial charge on any atom is -0.358 e. The van der Waals surface area contributed by atoms with Crippen molar-refractivity contribution in [1.82, 2.24) is 4.98 Å². The molecular formula is C14H18N2. The Hall–Kier alpha value is -1.44. The predicted octanol–water partition coefficient (Wildman–Crippen LogP) is 3.55. The second kappa shape index (κ2) is 4.20. The highest BCUT2D eigenvalue weighted by molar-refractivity contribution is 5.83. The molecule has 3 rings (SSSR count). The highest BCUT2D eigenvalue weighted by atomic mass is 15.2. The number of aromatic nitrogens is 1. The number of anilines is 1. The number of rotatable bonds is 1. The fourth-order valence-electron chi connectivity index (χ4n) is 2.54. The van der Waals surface area contributed by atoms with Gasteiger partial charge in [-0.05, 0) is 25.0 Å². The van der Waals surface area contributed by atoms with E-state index in [0.29, 0.717) is 0 Å². The van der Waals surface area contributed by atoms with Crippen LogP contribution < -0.4 is 4.90 Å². The minimum absolute atomic E-state index is 1.20. The average molecular weight is 214 g/mol. The number of fused-ring (bicyclic) bond motifs is 1. The Balaban J connectivity index is 1.92. The zero-order valence-electron chi connectivity index (χ0n) is 9.58. The molecule has 0 spiro atoms. The van der Waals surface area contributed by atoms with Gasteiger partial charge in [-0.15, -0.1) is 0 Å². The van der Waals surface area contributed by atoms with Crippen LogP contribution in [0.5, 0.6) is 0 Å². The van der Waals surface area contributed by atoms with E-state index in [1.54, 1.807) is 0 Å². The van der Waals surface area contributed by atoms with E-state index in [-0.39, 0.29) is 0 Å². The summed E-state index contributed by atoms with van der Waals surface area (Å²) >= 11 is 0. The lowest BCUT2D eigenvalue weighted by molar-refractivity contribution is 0.726. The van der Waals surface area contributed by atoms with Crippen LogP contribution in [0.1, 0.15) is 25.7 Å². The molecule has 2 heterocycles. The molecule has 1 saturated heterocycles. The van der Waals surface area contributed by atoms with Gasteiger partial charge in [0, 0.05) is 24.0 Å². The molecule has 2 aromatic rings. The van der Waals surface area contributed by atoms with Crippen LogP contribution in [0, 0.1) is 0 Å². The standard InChI is InChI=1S/C14H18N2/c1-2-6-10-16(9-5-1)14-11-12-7-3-4-8-13(12)15-14/h3-4,7-8,11,15H,1-2,5-6,9-10H2. The van der Waals surface area contributed by atoms with Crippen LogP contribution >= 0.6 is 0 Å². The van der Waals surface area contributed by atoms with Crippen molar-refractivity contribution in [1.29, 1.82) is 0 Å². The summed E-state index contributed by atoms with van der Waals surface area (Å²) in [5.41, 5.74) is 1.25. The maximum atomic E-state index is 3.52. The molecule has 0 radical (unpaired) electrons.